The van der Waals surface area contributed by atoms with Crippen LogP contribution in [0.15, 0.2) is 22.7 Å². The molecule has 0 amide bonds. The van der Waals surface area contributed by atoms with Crippen molar-refractivity contribution in [1.82, 2.24) is 0 Å². The zero-order chi connectivity index (χ0) is 13.3. The van der Waals surface area contributed by atoms with Gasteiger partial charge in [-0.3, -0.25) is 0 Å². The molecule has 0 atom stereocenters. The highest BCUT2D eigenvalue weighted by atomic mass is 79.9. The van der Waals surface area contributed by atoms with Crippen LogP contribution in [0.2, 0.25) is 0 Å². The molecule has 1 aromatic rings. The number of hydrogen-bond donors (Lipinski definition) is 1. The van der Waals surface area contributed by atoms with E-state index in [1.165, 1.54) is 0 Å². The van der Waals surface area contributed by atoms with Crippen LogP contribution in [0, 0.1) is 0 Å². The van der Waals surface area contributed by atoms with E-state index in [9.17, 15) is 8.42 Å². The van der Waals surface area contributed by atoms with Gasteiger partial charge >= 0.3 is 0 Å². The molecule has 7 heteroatoms. The first-order chi connectivity index (χ1) is 8.39. The summed E-state index contributed by atoms with van der Waals surface area (Å²) < 4.78 is 23.7. The molecule has 1 aliphatic rings. The van der Waals surface area contributed by atoms with Gasteiger partial charge in [-0.15, -0.1) is 0 Å². The molecule has 0 aromatic heterocycles. The molecule has 2 N–H and O–H groups in total. The Kier molecular flexibility index (Phi) is 3.93. The number of nitrogens with two attached hydrogens (primary N) is 1. The van der Waals surface area contributed by atoms with Gasteiger partial charge in [0.25, 0.3) is 0 Å². The fourth-order valence-electron chi connectivity index (χ4n) is 1.93. The lowest BCUT2D eigenvalue weighted by atomic mass is 10.1. The Balaban J connectivity index is 2.32. The van der Waals surface area contributed by atoms with E-state index < -0.39 is 9.84 Å². The van der Waals surface area contributed by atoms with E-state index in [0.717, 1.165) is 15.7 Å². The van der Waals surface area contributed by atoms with Gasteiger partial charge in [0.15, 0.2) is 9.84 Å². The largest absolute Gasteiger partial charge is 0.389 e. The summed E-state index contributed by atoms with van der Waals surface area (Å²) in [5, 5.41) is 0. The molecule has 0 saturated carbocycles. The average molecular weight is 349 g/mol. The van der Waals surface area contributed by atoms with Crippen LogP contribution in [-0.2, 0) is 9.84 Å². The molecule has 0 unspecified atom stereocenters. The number of anilines is 1. The minimum atomic E-state index is -2.88. The van der Waals surface area contributed by atoms with Crippen molar-refractivity contribution < 1.29 is 8.42 Å². The third kappa shape index (κ3) is 3.02. The number of sulfone groups is 1. The molecule has 2 rings (SSSR count). The van der Waals surface area contributed by atoms with Gasteiger partial charge in [-0.2, -0.15) is 0 Å². The van der Waals surface area contributed by atoms with Crippen LogP contribution in [0.4, 0.5) is 5.69 Å². The number of thiocarbonyl (C=S) groups is 1. The molecule has 0 spiro atoms. The first-order valence-corrected chi connectivity index (χ1v) is 8.46. The molecule has 0 radical (unpaired) electrons. The summed E-state index contributed by atoms with van der Waals surface area (Å²) in [5.41, 5.74) is 7.39. The van der Waals surface area contributed by atoms with Gasteiger partial charge in [0.1, 0.15) is 4.99 Å². The molecule has 98 valence electrons. The summed E-state index contributed by atoms with van der Waals surface area (Å²) in [7, 11) is -2.88. The summed E-state index contributed by atoms with van der Waals surface area (Å²) in [6, 6.07) is 5.68. The predicted molar refractivity (Wildman–Crippen MR) is 80.9 cm³/mol. The highest BCUT2D eigenvalue weighted by Crippen LogP contribution is 2.26. The monoisotopic (exact) mass is 348 g/mol. The Morgan fingerprint density at radius 2 is 1.94 bits per heavy atom. The van der Waals surface area contributed by atoms with Crippen LogP contribution >= 0.6 is 28.1 Å². The lowest BCUT2D eigenvalue weighted by Gasteiger charge is -2.30. The fourth-order valence-corrected chi connectivity index (χ4v) is 3.66. The zero-order valence-corrected chi connectivity index (χ0v) is 12.8. The lowest BCUT2D eigenvalue weighted by molar-refractivity contribution is 0.587. The van der Waals surface area contributed by atoms with Crippen molar-refractivity contribution >= 4 is 48.7 Å². The number of rotatable bonds is 2. The number of halogens is 1. The summed E-state index contributed by atoms with van der Waals surface area (Å²) in [6.07, 6.45) is 0. The lowest BCUT2D eigenvalue weighted by Crippen LogP contribution is -2.41. The van der Waals surface area contributed by atoms with Gasteiger partial charge in [0, 0.05) is 28.8 Å². The maximum Gasteiger partial charge on any atom is 0.153 e. The molecule has 18 heavy (non-hydrogen) atoms. The Labute approximate surface area is 120 Å². The first-order valence-electron chi connectivity index (χ1n) is 5.44. The maximum absolute atomic E-state index is 11.4. The van der Waals surface area contributed by atoms with Crippen LogP contribution in [0.3, 0.4) is 0 Å². The van der Waals surface area contributed by atoms with Crippen LogP contribution < -0.4 is 10.6 Å². The molecule has 0 aliphatic carbocycles. The van der Waals surface area contributed by atoms with E-state index in [1.54, 1.807) is 0 Å². The van der Waals surface area contributed by atoms with Crippen molar-refractivity contribution in [3.05, 3.63) is 28.2 Å². The second kappa shape index (κ2) is 5.14. The Morgan fingerprint density at radius 3 is 2.50 bits per heavy atom. The van der Waals surface area contributed by atoms with Crippen LogP contribution in [0.5, 0.6) is 0 Å². The Hall–Kier alpha value is -0.660. The quantitative estimate of drug-likeness (QED) is 0.816. The Morgan fingerprint density at radius 1 is 1.33 bits per heavy atom. The minimum Gasteiger partial charge on any atom is -0.389 e. The normalized spacial score (nSPS) is 18.6. The topological polar surface area (TPSA) is 63.4 Å². The average Bonchev–Trinajstić information content (AvgIpc) is 2.29. The van der Waals surface area contributed by atoms with E-state index >= 15 is 0 Å². The molecular formula is C11H13BrN2O2S2. The highest BCUT2D eigenvalue weighted by Gasteiger charge is 2.23. The molecule has 0 bridgehead atoms. The van der Waals surface area contributed by atoms with Crippen molar-refractivity contribution in [2.24, 2.45) is 5.73 Å². The van der Waals surface area contributed by atoms with Gasteiger partial charge in [-0.1, -0.05) is 28.1 Å². The third-order valence-electron chi connectivity index (χ3n) is 2.91. The van der Waals surface area contributed by atoms with E-state index in [0.29, 0.717) is 18.1 Å². The fraction of sp³-hybridized carbons (Fsp3) is 0.364. The number of hydrogen-bond acceptors (Lipinski definition) is 4. The van der Waals surface area contributed by atoms with E-state index in [-0.39, 0.29) is 11.5 Å². The van der Waals surface area contributed by atoms with E-state index in [4.69, 9.17) is 18.0 Å². The molecule has 1 saturated heterocycles. The van der Waals surface area contributed by atoms with Crippen molar-refractivity contribution in [3.63, 3.8) is 0 Å². The van der Waals surface area contributed by atoms with Crippen molar-refractivity contribution in [2.45, 2.75) is 0 Å². The number of benzene rings is 1. The van der Waals surface area contributed by atoms with Gasteiger partial charge in [-0.25, -0.2) is 8.42 Å². The summed E-state index contributed by atoms with van der Waals surface area (Å²) in [5.74, 6) is 0.361. The van der Waals surface area contributed by atoms with Crippen LogP contribution in [0.25, 0.3) is 0 Å². The summed E-state index contributed by atoms with van der Waals surface area (Å²) >= 11 is 8.41. The maximum atomic E-state index is 11.4. The summed E-state index contributed by atoms with van der Waals surface area (Å²) in [4.78, 5) is 2.34. The second-order valence-electron chi connectivity index (χ2n) is 4.16. The van der Waals surface area contributed by atoms with Gasteiger partial charge in [0.2, 0.25) is 0 Å². The SMILES string of the molecule is NC(=S)c1cc(Br)ccc1N1CCS(=O)(=O)CC1. The Bertz CT molecular complexity index is 573. The second-order valence-corrected chi connectivity index (χ2v) is 7.82. The molecule has 1 aromatic carbocycles. The van der Waals surface area contributed by atoms with E-state index in [1.807, 2.05) is 23.1 Å². The van der Waals surface area contributed by atoms with Crippen molar-refractivity contribution in [1.29, 1.82) is 0 Å². The molecule has 1 fully saturated rings. The number of nitrogens with zero attached hydrogens (tertiary/aromatic N) is 1. The molecule has 1 heterocycles. The first kappa shape index (κ1) is 13.8. The summed E-state index contributed by atoms with van der Waals surface area (Å²) in [6.45, 7) is 0.971. The molecule has 1 aliphatic heterocycles. The molecular weight excluding hydrogens is 336 g/mol. The van der Waals surface area contributed by atoms with Crippen molar-refractivity contribution in [2.75, 3.05) is 29.5 Å². The van der Waals surface area contributed by atoms with E-state index in [2.05, 4.69) is 15.9 Å². The van der Waals surface area contributed by atoms with Crippen LogP contribution in [-0.4, -0.2) is 38.0 Å². The van der Waals surface area contributed by atoms with Gasteiger partial charge in [-0.05, 0) is 18.2 Å². The van der Waals surface area contributed by atoms with Crippen molar-refractivity contribution in [3.8, 4) is 0 Å². The predicted octanol–water partition coefficient (Wildman–Crippen LogP) is 1.32. The zero-order valence-electron chi connectivity index (χ0n) is 9.60. The minimum absolute atomic E-state index is 0.180. The highest BCUT2D eigenvalue weighted by molar-refractivity contribution is 9.10. The van der Waals surface area contributed by atoms with Crippen LogP contribution in [0.1, 0.15) is 5.56 Å². The molecule has 4 nitrogen and oxygen atoms in total. The smallest absolute Gasteiger partial charge is 0.153 e. The standard InChI is InChI=1S/C11H13BrN2O2S2/c12-8-1-2-10(9(7-8)11(13)17)14-3-5-18(15,16)6-4-14/h1-2,7H,3-6H2,(H2,13,17). The third-order valence-corrected chi connectivity index (χ3v) is 5.23. The van der Waals surface area contributed by atoms with Gasteiger partial charge < -0.3 is 10.6 Å². The van der Waals surface area contributed by atoms with Gasteiger partial charge in [0.05, 0.1) is 11.5 Å².